The van der Waals surface area contributed by atoms with E-state index >= 15 is 0 Å². The van der Waals surface area contributed by atoms with Crippen LogP contribution < -0.4 is 4.74 Å². The number of piperidine rings is 1. The standard InChI is InChI=1S/C19H20N2O.C4H4O4/c1-21-16-5-6-17(21)11-19(10-16)22-18-7-4-14-8-13(12-20)2-3-15(14)9-18;5-3(6)1-2-4(7)8/h2-4,7-9,16-17,19H,5-6,10-11H2,1H3;1-2H,(H,5,6)(H,7,8)/b;2-1+. The first kappa shape index (κ1) is 21.3. The first-order valence-electron chi connectivity index (χ1n) is 9.82. The van der Waals surface area contributed by atoms with Crippen molar-refractivity contribution in [3.63, 3.8) is 0 Å². The quantitative estimate of drug-likeness (QED) is 0.746. The summed E-state index contributed by atoms with van der Waals surface area (Å²) in [6.45, 7) is 0. The van der Waals surface area contributed by atoms with Gasteiger partial charge < -0.3 is 19.8 Å². The van der Waals surface area contributed by atoms with E-state index in [0.29, 0.717) is 35.9 Å². The molecule has 2 aliphatic heterocycles. The zero-order chi connectivity index (χ0) is 21.7. The Morgan fingerprint density at radius 3 is 2.17 bits per heavy atom. The molecule has 30 heavy (non-hydrogen) atoms. The normalized spacial score (nSPS) is 22.9. The Bertz CT molecular complexity index is 980. The van der Waals surface area contributed by atoms with E-state index in [0.717, 1.165) is 29.4 Å². The van der Waals surface area contributed by atoms with Gasteiger partial charge in [0.25, 0.3) is 0 Å². The van der Waals surface area contributed by atoms with Crippen LogP contribution in [0.5, 0.6) is 5.75 Å². The fraction of sp³-hybridized carbons (Fsp3) is 0.348. The van der Waals surface area contributed by atoms with Crippen molar-refractivity contribution in [2.45, 2.75) is 43.9 Å². The molecule has 0 spiro atoms. The van der Waals surface area contributed by atoms with Crippen LogP contribution in [0.3, 0.4) is 0 Å². The highest BCUT2D eigenvalue weighted by molar-refractivity contribution is 5.89. The third kappa shape index (κ3) is 5.37. The number of fused-ring (bicyclic) bond motifs is 3. The van der Waals surface area contributed by atoms with Crippen LogP contribution in [-0.4, -0.2) is 52.3 Å². The van der Waals surface area contributed by atoms with E-state index in [1.54, 1.807) is 0 Å². The van der Waals surface area contributed by atoms with E-state index < -0.39 is 11.9 Å². The Morgan fingerprint density at radius 2 is 1.60 bits per heavy atom. The number of benzene rings is 2. The Balaban J connectivity index is 0.000000275. The largest absolute Gasteiger partial charge is 0.490 e. The molecule has 2 aromatic carbocycles. The van der Waals surface area contributed by atoms with Gasteiger partial charge in [0.1, 0.15) is 11.9 Å². The number of carboxylic acid groups (broad SMARTS) is 2. The lowest BCUT2D eigenvalue weighted by Gasteiger charge is -2.36. The molecule has 156 valence electrons. The van der Waals surface area contributed by atoms with Crippen LogP contribution in [0, 0.1) is 11.3 Å². The van der Waals surface area contributed by atoms with Crippen molar-refractivity contribution in [3.05, 3.63) is 54.1 Å². The van der Waals surface area contributed by atoms with Crippen molar-refractivity contribution in [2.75, 3.05) is 7.05 Å². The van der Waals surface area contributed by atoms with Crippen molar-refractivity contribution < 1.29 is 24.5 Å². The second kappa shape index (κ2) is 9.42. The molecule has 2 N–H and O–H groups in total. The van der Waals surface area contributed by atoms with Crippen molar-refractivity contribution in [1.29, 1.82) is 5.26 Å². The van der Waals surface area contributed by atoms with Gasteiger partial charge in [0.15, 0.2) is 0 Å². The summed E-state index contributed by atoms with van der Waals surface area (Å²) in [4.78, 5) is 21.6. The van der Waals surface area contributed by atoms with Crippen LogP contribution in [0.25, 0.3) is 10.8 Å². The van der Waals surface area contributed by atoms with Gasteiger partial charge in [-0.05, 0) is 67.8 Å². The average Bonchev–Trinajstić information content (AvgIpc) is 2.92. The predicted octanol–water partition coefficient (Wildman–Crippen LogP) is 3.43. The monoisotopic (exact) mass is 408 g/mol. The maximum atomic E-state index is 9.55. The van der Waals surface area contributed by atoms with Crippen LogP contribution in [0.4, 0.5) is 0 Å². The second-order valence-electron chi connectivity index (χ2n) is 7.61. The molecule has 2 saturated heterocycles. The Kier molecular flexibility index (Phi) is 6.70. The van der Waals surface area contributed by atoms with Gasteiger partial charge in [-0.15, -0.1) is 0 Å². The highest BCUT2D eigenvalue weighted by Gasteiger charge is 2.39. The molecule has 0 aromatic heterocycles. The molecule has 2 aliphatic rings. The Morgan fingerprint density at radius 1 is 1.03 bits per heavy atom. The molecule has 2 bridgehead atoms. The number of carboxylic acids is 2. The number of aliphatic carboxylic acids is 2. The first-order valence-corrected chi connectivity index (χ1v) is 9.82. The van der Waals surface area contributed by atoms with Gasteiger partial charge in [-0.3, -0.25) is 0 Å². The van der Waals surface area contributed by atoms with E-state index in [4.69, 9.17) is 20.2 Å². The molecule has 0 amide bonds. The fourth-order valence-corrected chi connectivity index (χ4v) is 4.16. The van der Waals surface area contributed by atoms with Crippen molar-refractivity contribution in [1.82, 2.24) is 4.90 Å². The van der Waals surface area contributed by atoms with E-state index in [-0.39, 0.29) is 0 Å². The van der Waals surface area contributed by atoms with Crippen LogP contribution in [-0.2, 0) is 9.59 Å². The minimum absolute atomic E-state index is 0.338. The average molecular weight is 408 g/mol. The zero-order valence-corrected chi connectivity index (χ0v) is 16.7. The summed E-state index contributed by atoms with van der Waals surface area (Å²) in [6.07, 6.45) is 6.36. The number of rotatable bonds is 4. The molecule has 2 heterocycles. The lowest BCUT2D eigenvalue weighted by molar-refractivity contribution is -0.134. The summed E-state index contributed by atoms with van der Waals surface area (Å²) >= 11 is 0. The summed E-state index contributed by atoms with van der Waals surface area (Å²) in [5.41, 5.74) is 0.702. The van der Waals surface area contributed by atoms with Gasteiger partial charge in [-0.25, -0.2) is 9.59 Å². The van der Waals surface area contributed by atoms with Gasteiger partial charge in [0.05, 0.1) is 11.6 Å². The summed E-state index contributed by atoms with van der Waals surface area (Å²) in [6, 6.07) is 15.5. The summed E-state index contributed by atoms with van der Waals surface area (Å²) < 4.78 is 6.26. The highest BCUT2D eigenvalue weighted by Crippen LogP contribution is 2.36. The van der Waals surface area contributed by atoms with Gasteiger partial charge >= 0.3 is 11.9 Å². The molecular formula is C23H24N2O5. The molecular weight excluding hydrogens is 384 g/mol. The molecule has 4 rings (SSSR count). The van der Waals surface area contributed by atoms with E-state index in [1.165, 1.54) is 12.8 Å². The smallest absolute Gasteiger partial charge is 0.328 e. The lowest BCUT2D eigenvalue weighted by atomic mass is 10.0. The van der Waals surface area contributed by atoms with Crippen LogP contribution in [0.15, 0.2) is 48.6 Å². The van der Waals surface area contributed by atoms with Crippen LogP contribution in [0.2, 0.25) is 0 Å². The van der Waals surface area contributed by atoms with Crippen LogP contribution >= 0.6 is 0 Å². The molecule has 0 aliphatic carbocycles. The summed E-state index contributed by atoms with van der Waals surface area (Å²) in [5, 5.41) is 26.8. The van der Waals surface area contributed by atoms with Gasteiger partial charge in [-0.2, -0.15) is 5.26 Å². The molecule has 0 radical (unpaired) electrons. The topological polar surface area (TPSA) is 111 Å². The predicted molar refractivity (Wildman–Crippen MR) is 111 cm³/mol. The third-order valence-corrected chi connectivity index (χ3v) is 5.67. The van der Waals surface area contributed by atoms with Gasteiger partial charge in [0.2, 0.25) is 0 Å². The number of hydrogen-bond donors (Lipinski definition) is 2. The number of nitrogens with zero attached hydrogens (tertiary/aromatic N) is 2. The molecule has 2 unspecified atom stereocenters. The van der Waals surface area contributed by atoms with E-state index in [1.807, 2.05) is 24.3 Å². The van der Waals surface area contributed by atoms with Crippen molar-refractivity contribution in [3.8, 4) is 11.8 Å². The van der Waals surface area contributed by atoms with Crippen molar-refractivity contribution >= 4 is 22.7 Å². The van der Waals surface area contributed by atoms with E-state index in [2.05, 4.69) is 30.1 Å². The Hall–Kier alpha value is -3.37. The minimum atomic E-state index is -1.26. The summed E-state index contributed by atoms with van der Waals surface area (Å²) in [7, 11) is 2.25. The number of hydrogen-bond acceptors (Lipinski definition) is 5. The zero-order valence-electron chi connectivity index (χ0n) is 16.7. The Labute approximate surface area is 174 Å². The lowest BCUT2D eigenvalue weighted by Crippen LogP contribution is -2.43. The molecule has 2 fully saturated rings. The van der Waals surface area contributed by atoms with Gasteiger partial charge in [0, 0.05) is 24.2 Å². The first-order chi connectivity index (χ1) is 14.4. The molecule has 2 atom stereocenters. The van der Waals surface area contributed by atoms with Gasteiger partial charge in [-0.1, -0.05) is 12.1 Å². The number of nitriles is 1. The maximum Gasteiger partial charge on any atom is 0.328 e. The SMILES string of the molecule is CN1C2CCC1CC(Oc1ccc3cc(C#N)ccc3c1)C2.O=C(O)/C=C/C(=O)O. The second-order valence-corrected chi connectivity index (χ2v) is 7.61. The maximum absolute atomic E-state index is 9.55. The molecule has 7 heteroatoms. The van der Waals surface area contributed by atoms with Crippen LogP contribution in [0.1, 0.15) is 31.2 Å². The third-order valence-electron chi connectivity index (χ3n) is 5.67. The molecule has 2 aromatic rings. The molecule has 0 saturated carbocycles. The number of carbonyl (C=O) groups is 2. The fourth-order valence-electron chi connectivity index (χ4n) is 4.16. The summed E-state index contributed by atoms with van der Waals surface area (Å²) in [5.74, 6) is -1.56. The molecule has 7 nitrogen and oxygen atoms in total. The van der Waals surface area contributed by atoms with Crippen molar-refractivity contribution in [2.24, 2.45) is 0 Å². The number of ether oxygens (including phenoxy) is 1. The van der Waals surface area contributed by atoms with E-state index in [9.17, 15) is 9.59 Å². The minimum Gasteiger partial charge on any atom is -0.490 e. The highest BCUT2D eigenvalue weighted by atomic mass is 16.5.